The number of hydrogen-bond donors (Lipinski definition) is 2. The Hall–Kier alpha value is -3.41. The molecule has 0 fully saturated rings. The predicted octanol–water partition coefficient (Wildman–Crippen LogP) is 2.98. The zero-order valence-electron chi connectivity index (χ0n) is 15.0. The lowest BCUT2D eigenvalue weighted by Crippen LogP contribution is -2.37. The molecule has 0 aliphatic heterocycles. The van der Waals surface area contributed by atoms with Crippen LogP contribution in [-0.4, -0.2) is 34.7 Å². The summed E-state index contributed by atoms with van der Waals surface area (Å²) in [6, 6.07) is 20.9. The second kappa shape index (κ2) is 8.80. The van der Waals surface area contributed by atoms with Gasteiger partial charge in [-0.25, -0.2) is 4.79 Å². The Morgan fingerprint density at radius 1 is 1.07 bits per heavy atom. The fourth-order valence-electron chi connectivity index (χ4n) is 2.58. The van der Waals surface area contributed by atoms with Gasteiger partial charge in [0, 0.05) is 12.1 Å². The van der Waals surface area contributed by atoms with Crippen LogP contribution in [0.2, 0.25) is 0 Å². The number of rotatable bonds is 7. The fraction of sp³-hybridized carbons (Fsp3) is 0.190. The molecule has 0 aliphatic rings. The van der Waals surface area contributed by atoms with Gasteiger partial charge in [0.1, 0.15) is 5.69 Å². The molecule has 3 rings (SSSR count). The van der Waals surface area contributed by atoms with Gasteiger partial charge in [0.15, 0.2) is 6.10 Å². The standard InChI is InChI=1S/C21H21N3O3/c1-15(20(25)22-13-12-16-8-4-2-5-9-16)27-21(26)19-14-18(23-24-19)17-10-6-3-7-11-17/h2-11,14-15H,12-13H2,1H3,(H,22,25)(H,23,24)/t15-/m0/s1. The minimum Gasteiger partial charge on any atom is -0.448 e. The summed E-state index contributed by atoms with van der Waals surface area (Å²) in [6.45, 7) is 2.02. The van der Waals surface area contributed by atoms with Crippen molar-refractivity contribution in [3.8, 4) is 11.3 Å². The maximum atomic E-state index is 12.2. The van der Waals surface area contributed by atoms with E-state index in [1.54, 1.807) is 13.0 Å². The van der Waals surface area contributed by atoms with Gasteiger partial charge < -0.3 is 10.1 Å². The monoisotopic (exact) mass is 363 g/mol. The zero-order valence-corrected chi connectivity index (χ0v) is 15.0. The molecule has 0 unspecified atom stereocenters. The molecule has 0 aliphatic carbocycles. The highest BCUT2D eigenvalue weighted by Crippen LogP contribution is 2.17. The Labute approximate surface area is 157 Å². The van der Waals surface area contributed by atoms with Gasteiger partial charge in [0.25, 0.3) is 5.91 Å². The molecular weight excluding hydrogens is 342 g/mol. The lowest BCUT2D eigenvalue weighted by molar-refractivity contribution is -0.129. The Balaban J connectivity index is 1.50. The van der Waals surface area contributed by atoms with Gasteiger partial charge in [-0.1, -0.05) is 60.7 Å². The fourth-order valence-corrected chi connectivity index (χ4v) is 2.58. The zero-order chi connectivity index (χ0) is 19.1. The van der Waals surface area contributed by atoms with Gasteiger partial charge in [-0.3, -0.25) is 9.89 Å². The van der Waals surface area contributed by atoms with Gasteiger partial charge in [-0.05, 0) is 25.0 Å². The predicted molar refractivity (Wildman–Crippen MR) is 102 cm³/mol. The van der Waals surface area contributed by atoms with E-state index in [0.29, 0.717) is 18.7 Å². The summed E-state index contributed by atoms with van der Waals surface area (Å²) in [7, 11) is 0. The van der Waals surface area contributed by atoms with Crippen molar-refractivity contribution in [1.29, 1.82) is 0 Å². The number of ether oxygens (including phenoxy) is 1. The van der Waals surface area contributed by atoms with E-state index in [1.807, 2.05) is 60.7 Å². The first-order valence-electron chi connectivity index (χ1n) is 8.77. The summed E-state index contributed by atoms with van der Waals surface area (Å²) in [4.78, 5) is 24.3. The number of benzene rings is 2. The number of aromatic nitrogens is 2. The topological polar surface area (TPSA) is 84.1 Å². The van der Waals surface area contributed by atoms with Crippen molar-refractivity contribution in [3.05, 3.63) is 78.0 Å². The van der Waals surface area contributed by atoms with Crippen LogP contribution in [0.15, 0.2) is 66.7 Å². The van der Waals surface area contributed by atoms with Crippen molar-refractivity contribution < 1.29 is 14.3 Å². The minimum absolute atomic E-state index is 0.206. The van der Waals surface area contributed by atoms with Crippen molar-refractivity contribution in [2.45, 2.75) is 19.4 Å². The van der Waals surface area contributed by atoms with Crippen LogP contribution in [0.25, 0.3) is 11.3 Å². The highest BCUT2D eigenvalue weighted by atomic mass is 16.5. The second-order valence-corrected chi connectivity index (χ2v) is 6.11. The SMILES string of the molecule is C[C@H](OC(=O)c1cc(-c2ccccc2)n[nH]1)C(=O)NCCc1ccccc1. The number of nitrogens with zero attached hydrogens (tertiary/aromatic N) is 1. The summed E-state index contributed by atoms with van der Waals surface area (Å²) >= 11 is 0. The molecule has 1 aromatic heterocycles. The van der Waals surface area contributed by atoms with E-state index >= 15 is 0 Å². The van der Waals surface area contributed by atoms with E-state index < -0.39 is 12.1 Å². The van der Waals surface area contributed by atoms with Crippen molar-refractivity contribution in [1.82, 2.24) is 15.5 Å². The largest absolute Gasteiger partial charge is 0.448 e. The van der Waals surface area contributed by atoms with Crippen molar-refractivity contribution in [2.75, 3.05) is 6.54 Å². The Morgan fingerprint density at radius 3 is 2.44 bits per heavy atom. The van der Waals surface area contributed by atoms with E-state index in [1.165, 1.54) is 0 Å². The van der Waals surface area contributed by atoms with Gasteiger partial charge in [0.05, 0.1) is 5.69 Å². The Bertz CT molecular complexity index is 891. The molecule has 0 spiro atoms. The summed E-state index contributed by atoms with van der Waals surface area (Å²) in [6.07, 6.45) is -0.175. The Kier molecular flexibility index (Phi) is 5.99. The number of hydrogen-bond acceptors (Lipinski definition) is 4. The molecule has 6 heteroatoms. The van der Waals surface area contributed by atoms with Crippen molar-refractivity contribution in [3.63, 3.8) is 0 Å². The van der Waals surface area contributed by atoms with E-state index in [9.17, 15) is 9.59 Å². The van der Waals surface area contributed by atoms with Crippen LogP contribution in [0, 0.1) is 0 Å². The molecule has 0 saturated carbocycles. The number of amides is 1. The first kappa shape index (κ1) is 18.4. The quantitative estimate of drug-likeness (QED) is 0.632. The Morgan fingerprint density at radius 2 is 1.74 bits per heavy atom. The summed E-state index contributed by atoms with van der Waals surface area (Å²) in [5.74, 6) is -0.947. The molecule has 1 heterocycles. The number of nitrogens with one attached hydrogen (secondary N) is 2. The second-order valence-electron chi connectivity index (χ2n) is 6.11. The maximum absolute atomic E-state index is 12.2. The molecule has 0 bridgehead atoms. The first-order valence-corrected chi connectivity index (χ1v) is 8.77. The number of esters is 1. The normalized spacial score (nSPS) is 11.6. The van der Waals surface area contributed by atoms with Crippen molar-refractivity contribution >= 4 is 11.9 Å². The van der Waals surface area contributed by atoms with Crippen LogP contribution in [0.5, 0.6) is 0 Å². The van der Waals surface area contributed by atoms with Crippen LogP contribution in [0.1, 0.15) is 23.0 Å². The number of H-pyrrole nitrogens is 1. The molecule has 0 radical (unpaired) electrons. The highest BCUT2D eigenvalue weighted by Gasteiger charge is 2.20. The third-order valence-corrected chi connectivity index (χ3v) is 4.08. The molecule has 3 aromatic rings. The van der Waals surface area contributed by atoms with Crippen LogP contribution in [0.3, 0.4) is 0 Å². The smallest absolute Gasteiger partial charge is 0.357 e. The number of carbonyl (C=O) groups excluding carboxylic acids is 2. The number of aromatic amines is 1. The molecule has 27 heavy (non-hydrogen) atoms. The van der Waals surface area contributed by atoms with Crippen molar-refractivity contribution in [2.24, 2.45) is 0 Å². The maximum Gasteiger partial charge on any atom is 0.357 e. The molecule has 2 aromatic carbocycles. The van der Waals surface area contributed by atoms with Crippen LogP contribution >= 0.6 is 0 Å². The van der Waals surface area contributed by atoms with Gasteiger partial charge in [-0.2, -0.15) is 5.10 Å². The van der Waals surface area contributed by atoms with Crippen LogP contribution < -0.4 is 5.32 Å². The molecule has 6 nitrogen and oxygen atoms in total. The molecule has 138 valence electrons. The molecular formula is C21H21N3O3. The summed E-state index contributed by atoms with van der Waals surface area (Å²) < 4.78 is 5.23. The van der Waals surface area contributed by atoms with E-state index in [-0.39, 0.29) is 11.6 Å². The van der Waals surface area contributed by atoms with E-state index in [2.05, 4.69) is 15.5 Å². The first-order chi connectivity index (χ1) is 13.1. The highest BCUT2D eigenvalue weighted by molar-refractivity contribution is 5.91. The van der Waals surface area contributed by atoms with E-state index in [0.717, 1.165) is 11.1 Å². The summed E-state index contributed by atoms with van der Waals surface area (Å²) in [5.41, 5.74) is 2.87. The molecule has 1 atom stereocenters. The number of carbonyl (C=O) groups is 2. The summed E-state index contributed by atoms with van der Waals surface area (Å²) in [5, 5.41) is 9.55. The lowest BCUT2D eigenvalue weighted by Gasteiger charge is -2.12. The van der Waals surface area contributed by atoms with Crippen LogP contribution in [0.4, 0.5) is 0 Å². The van der Waals surface area contributed by atoms with Gasteiger partial charge in [-0.15, -0.1) is 0 Å². The lowest BCUT2D eigenvalue weighted by atomic mass is 10.1. The minimum atomic E-state index is -0.892. The van der Waals surface area contributed by atoms with E-state index in [4.69, 9.17) is 4.74 Å². The van der Waals surface area contributed by atoms with Gasteiger partial charge in [0.2, 0.25) is 0 Å². The average Bonchev–Trinajstić information content (AvgIpc) is 3.20. The molecule has 2 N–H and O–H groups in total. The average molecular weight is 363 g/mol. The third-order valence-electron chi connectivity index (χ3n) is 4.08. The van der Waals surface area contributed by atoms with Gasteiger partial charge >= 0.3 is 5.97 Å². The molecule has 1 amide bonds. The van der Waals surface area contributed by atoms with Crippen LogP contribution in [-0.2, 0) is 16.0 Å². The molecule has 0 saturated heterocycles. The third kappa shape index (κ3) is 5.04.